The molecular weight excluding hydrogens is 362 g/mol. The van der Waals surface area contributed by atoms with Gasteiger partial charge in [-0.1, -0.05) is 24.3 Å². The SMILES string of the molecule is N#CCCn1cc(C(=O)COC(=O)c2cccc([N+](=O)[O-])c2)c2ccccc21. The van der Waals surface area contributed by atoms with E-state index in [1.54, 1.807) is 18.3 Å². The van der Waals surface area contributed by atoms with Gasteiger partial charge in [0.15, 0.2) is 6.61 Å². The minimum absolute atomic E-state index is 0.00144. The maximum Gasteiger partial charge on any atom is 0.338 e. The van der Waals surface area contributed by atoms with Gasteiger partial charge < -0.3 is 9.30 Å². The Kier molecular flexibility index (Phi) is 5.46. The lowest BCUT2D eigenvalue weighted by Crippen LogP contribution is -2.14. The van der Waals surface area contributed by atoms with Gasteiger partial charge >= 0.3 is 5.97 Å². The van der Waals surface area contributed by atoms with Crippen LogP contribution in [0, 0.1) is 21.4 Å². The molecule has 8 nitrogen and oxygen atoms in total. The number of fused-ring (bicyclic) bond motifs is 1. The zero-order chi connectivity index (χ0) is 20.1. The largest absolute Gasteiger partial charge is 0.454 e. The van der Waals surface area contributed by atoms with Gasteiger partial charge in [0.05, 0.1) is 23.0 Å². The summed E-state index contributed by atoms with van der Waals surface area (Å²) in [6.07, 6.45) is 1.94. The number of esters is 1. The summed E-state index contributed by atoms with van der Waals surface area (Å²) < 4.78 is 6.86. The number of ether oxygens (including phenoxy) is 1. The second kappa shape index (κ2) is 8.14. The number of aryl methyl sites for hydroxylation is 1. The molecule has 0 bridgehead atoms. The van der Waals surface area contributed by atoms with Crippen molar-refractivity contribution in [1.29, 1.82) is 5.26 Å². The number of carbonyl (C=O) groups is 2. The molecule has 3 aromatic rings. The van der Waals surface area contributed by atoms with Gasteiger partial charge in [0, 0.05) is 41.3 Å². The smallest absolute Gasteiger partial charge is 0.338 e. The van der Waals surface area contributed by atoms with Crippen molar-refractivity contribution in [3.63, 3.8) is 0 Å². The lowest BCUT2D eigenvalue weighted by molar-refractivity contribution is -0.384. The summed E-state index contributed by atoms with van der Waals surface area (Å²) in [5.41, 5.74) is 0.964. The van der Waals surface area contributed by atoms with Gasteiger partial charge in [-0.25, -0.2) is 4.79 Å². The molecule has 0 aliphatic rings. The number of nitriles is 1. The average Bonchev–Trinajstić information content (AvgIpc) is 3.09. The molecular formula is C20H15N3O5. The van der Waals surface area contributed by atoms with Crippen LogP contribution in [0.15, 0.2) is 54.7 Å². The topological polar surface area (TPSA) is 115 Å². The van der Waals surface area contributed by atoms with Gasteiger partial charge in [-0.15, -0.1) is 0 Å². The molecule has 140 valence electrons. The fourth-order valence-electron chi connectivity index (χ4n) is 2.86. The molecule has 28 heavy (non-hydrogen) atoms. The summed E-state index contributed by atoms with van der Waals surface area (Å²) in [5.74, 6) is -1.21. The van der Waals surface area contributed by atoms with Crippen molar-refractivity contribution in [3.8, 4) is 6.07 Å². The number of nitro groups is 1. The molecule has 0 saturated carbocycles. The van der Waals surface area contributed by atoms with E-state index in [4.69, 9.17) is 10.00 Å². The van der Waals surface area contributed by atoms with Crippen molar-refractivity contribution in [2.24, 2.45) is 0 Å². The normalized spacial score (nSPS) is 10.4. The van der Waals surface area contributed by atoms with Gasteiger partial charge in [0.25, 0.3) is 5.69 Å². The second-order valence-electron chi connectivity index (χ2n) is 5.97. The highest BCUT2D eigenvalue weighted by Gasteiger charge is 2.18. The number of hydrogen-bond acceptors (Lipinski definition) is 6. The van der Waals surface area contributed by atoms with Crippen LogP contribution in [0.3, 0.4) is 0 Å². The van der Waals surface area contributed by atoms with Crippen molar-refractivity contribution in [1.82, 2.24) is 4.57 Å². The van der Waals surface area contributed by atoms with Crippen LogP contribution >= 0.6 is 0 Å². The van der Waals surface area contributed by atoms with Crippen LogP contribution in [-0.2, 0) is 11.3 Å². The highest BCUT2D eigenvalue weighted by atomic mass is 16.6. The van der Waals surface area contributed by atoms with E-state index >= 15 is 0 Å². The summed E-state index contributed by atoms with van der Waals surface area (Å²) >= 11 is 0. The van der Waals surface area contributed by atoms with Crippen LogP contribution in [-0.4, -0.2) is 27.8 Å². The van der Waals surface area contributed by atoms with Crippen molar-refractivity contribution >= 4 is 28.3 Å². The summed E-state index contributed by atoms with van der Waals surface area (Å²) in [4.78, 5) is 34.9. The van der Waals surface area contributed by atoms with Crippen molar-refractivity contribution < 1.29 is 19.2 Å². The van der Waals surface area contributed by atoms with E-state index in [0.717, 1.165) is 11.6 Å². The number of ketones is 1. The Bertz CT molecular complexity index is 1110. The van der Waals surface area contributed by atoms with Crippen LogP contribution in [0.2, 0.25) is 0 Å². The maximum atomic E-state index is 12.6. The molecule has 8 heteroatoms. The number of nitrogens with zero attached hydrogens (tertiary/aromatic N) is 3. The summed E-state index contributed by atoms with van der Waals surface area (Å²) in [6, 6.07) is 14.4. The second-order valence-corrected chi connectivity index (χ2v) is 5.97. The van der Waals surface area contributed by atoms with Gasteiger partial charge in [0.1, 0.15) is 0 Å². The van der Waals surface area contributed by atoms with Gasteiger partial charge in [-0.2, -0.15) is 5.26 Å². The Morgan fingerprint density at radius 2 is 1.96 bits per heavy atom. The Morgan fingerprint density at radius 3 is 2.71 bits per heavy atom. The summed E-state index contributed by atoms with van der Waals surface area (Å²) in [7, 11) is 0. The van der Waals surface area contributed by atoms with Crippen molar-refractivity contribution in [2.75, 3.05) is 6.61 Å². The number of benzene rings is 2. The third kappa shape index (κ3) is 3.88. The summed E-state index contributed by atoms with van der Waals surface area (Å²) in [5, 5.41) is 20.3. The van der Waals surface area contributed by atoms with Crippen LogP contribution in [0.4, 0.5) is 5.69 Å². The monoisotopic (exact) mass is 377 g/mol. The number of hydrogen-bond donors (Lipinski definition) is 0. The predicted molar refractivity (Wildman–Crippen MR) is 99.9 cm³/mol. The van der Waals surface area contributed by atoms with E-state index in [0.29, 0.717) is 23.9 Å². The lowest BCUT2D eigenvalue weighted by Gasteiger charge is -2.04. The molecule has 0 radical (unpaired) electrons. The van der Waals surface area contributed by atoms with Crippen molar-refractivity contribution in [2.45, 2.75) is 13.0 Å². The van der Waals surface area contributed by atoms with Gasteiger partial charge in [-0.05, 0) is 12.1 Å². The Hall–Kier alpha value is -3.99. The van der Waals surface area contributed by atoms with E-state index < -0.39 is 23.3 Å². The number of aromatic nitrogens is 1. The molecule has 2 aromatic carbocycles. The van der Waals surface area contributed by atoms with Gasteiger partial charge in [-0.3, -0.25) is 14.9 Å². The molecule has 0 atom stereocenters. The number of nitro benzene ring substituents is 1. The molecule has 0 N–H and O–H groups in total. The molecule has 1 aromatic heterocycles. The number of para-hydroxylation sites is 1. The molecule has 0 aliphatic carbocycles. The molecule has 0 fully saturated rings. The first-order valence-electron chi connectivity index (χ1n) is 8.41. The van der Waals surface area contributed by atoms with E-state index in [-0.39, 0.29) is 11.3 Å². The third-order valence-corrected chi connectivity index (χ3v) is 4.18. The van der Waals surface area contributed by atoms with E-state index in [1.165, 1.54) is 18.2 Å². The first-order chi connectivity index (χ1) is 13.5. The summed E-state index contributed by atoms with van der Waals surface area (Å²) in [6.45, 7) is -0.0501. The van der Waals surface area contributed by atoms with Crippen LogP contribution in [0.1, 0.15) is 27.1 Å². The first-order valence-corrected chi connectivity index (χ1v) is 8.41. The molecule has 3 rings (SSSR count). The Balaban J connectivity index is 1.76. The minimum Gasteiger partial charge on any atom is -0.454 e. The quantitative estimate of drug-likeness (QED) is 0.269. The van der Waals surface area contributed by atoms with E-state index in [1.807, 2.05) is 16.7 Å². The third-order valence-electron chi connectivity index (χ3n) is 4.18. The van der Waals surface area contributed by atoms with Crippen LogP contribution in [0.25, 0.3) is 10.9 Å². The average molecular weight is 377 g/mol. The molecule has 0 unspecified atom stereocenters. The molecule has 0 spiro atoms. The standard InChI is InChI=1S/C20H15N3O5/c21-9-4-10-22-12-17(16-7-1-2-8-18(16)22)19(24)13-28-20(25)14-5-3-6-15(11-14)23(26)27/h1-3,5-8,11-12H,4,10,13H2. The lowest BCUT2D eigenvalue weighted by atomic mass is 10.1. The molecule has 1 heterocycles. The Labute approximate surface area is 159 Å². The molecule has 0 saturated heterocycles. The van der Waals surface area contributed by atoms with E-state index in [2.05, 4.69) is 6.07 Å². The van der Waals surface area contributed by atoms with Crippen LogP contribution < -0.4 is 0 Å². The molecule has 0 amide bonds. The number of Topliss-reactive ketones (excluding diaryl/α,β-unsaturated/α-hetero) is 1. The first kappa shape index (κ1) is 18.8. The van der Waals surface area contributed by atoms with Gasteiger partial charge in [0.2, 0.25) is 5.78 Å². The van der Waals surface area contributed by atoms with Crippen LogP contribution in [0.5, 0.6) is 0 Å². The zero-order valence-corrected chi connectivity index (χ0v) is 14.7. The number of rotatable bonds is 7. The highest BCUT2D eigenvalue weighted by Crippen LogP contribution is 2.22. The molecule has 0 aliphatic heterocycles. The maximum absolute atomic E-state index is 12.6. The zero-order valence-electron chi connectivity index (χ0n) is 14.7. The fraction of sp³-hybridized carbons (Fsp3) is 0.150. The fourth-order valence-corrected chi connectivity index (χ4v) is 2.86. The Morgan fingerprint density at radius 1 is 1.18 bits per heavy atom. The highest BCUT2D eigenvalue weighted by molar-refractivity contribution is 6.09. The number of non-ortho nitro benzene ring substituents is 1. The minimum atomic E-state index is -0.815. The van der Waals surface area contributed by atoms with Crippen molar-refractivity contribution in [3.05, 3.63) is 76.0 Å². The number of carbonyl (C=O) groups excluding carboxylic acids is 2. The van der Waals surface area contributed by atoms with E-state index in [9.17, 15) is 19.7 Å². The predicted octanol–water partition coefficient (Wildman–Crippen LogP) is 3.50.